The van der Waals surface area contributed by atoms with Gasteiger partial charge in [0, 0.05) is 11.0 Å². The number of carbonyl (C=O) groups is 2. The van der Waals surface area contributed by atoms with Crippen LogP contribution in [0.1, 0.15) is 56.2 Å². The van der Waals surface area contributed by atoms with E-state index in [9.17, 15) is 14.4 Å². The SMILES string of the molecule is CC(C)C(C(=O)c1nnc(C2(C)CC2)o1)C(C(N)=O)n1c(-c2ccccc2)ncc(N)c1=O. The first-order valence-corrected chi connectivity index (χ1v) is 10.7. The molecular formula is C23H26N6O4. The van der Waals surface area contributed by atoms with E-state index < -0.39 is 35.1 Å². The molecule has 1 saturated carbocycles. The highest BCUT2D eigenvalue weighted by molar-refractivity contribution is 5.97. The summed E-state index contributed by atoms with van der Waals surface area (Å²) < 4.78 is 6.79. The lowest BCUT2D eigenvalue weighted by atomic mass is 9.83. The van der Waals surface area contributed by atoms with E-state index in [4.69, 9.17) is 15.9 Å². The first-order chi connectivity index (χ1) is 15.6. The maximum atomic E-state index is 13.5. The number of hydrogen-bond donors (Lipinski definition) is 2. The summed E-state index contributed by atoms with van der Waals surface area (Å²) in [7, 11) is 0. The molecule has 4 N–H and O–H groups in total. The molecule has 0 saturated heterocycles. The molecule has 10 heteroatoms. The van der Waals surface area contributed by atoms with Crippen LogP contribution in [0.15, 0.2) is 45.7 Å². The predicted molar refractivity (Wildman–Crippen MR) is 120 cm³/mol. The molecule has 4 rings (SSSR count). The largest absolute Gasteiger partial charge is 0.418 e. The third-order valence-electron chi connectivity index (χ3n) is 6.13. The number of nitrogens with two attached hydrogens (primary N) is 2. The molecular weight excluding hydrogens is 424 g/mol. The van der Waals surface area contributed by atoms with Crippen LogP contribution in [0.2, 0.25) is 0 Å². The molecule has 3 aromatic rings. The molecule has 172 valence electrons. The fourth-order valence-corrected chi connectivity index (χ4v) is 3.93. The molecule has 1 amide bonds. The summed E-state index contributed by atoms with van der Waals surface area (Å²) in [4.78, 5) is 43.8. The predicted octanol–water partition coefficient (Wildman–Crippen LogP) is 2.11. The number of Topliss-reactive ketones (excluding diaryl/α,β-unsaturated/α-hetero) is 1. The Morgan fingerprint density at radius 1 is 1.15 bits per heavy atom. The highest BCUT2D eigenvalue weighted by Crippen LogP contribution is 2.47. The summed E-state index contributed by atoms with van der Waals surface area (Å²) in [6.45, 7) is 5.49. The van der Waals surface area contributed by atoms with Crippen molar-refractivity contribution in [1.29, 1.82) is 0 Å². The zero-order chi connectivity index (χ0) is 23.9. The Kier molecular flexibility index (Phi) is 5.61. The van der Waals surface area contributed by atoms with Crippen molar-refractivity contribution in [3.63, 3.8) is 0 Å². The Balaban J connectivity index is 1.86. The Morgan fingerprint density at radius 3 is 2.39 bits per heavy atom. The van der Waals surface area contributed by atoms with Crippen LogP contribution in [0.25, 0.3) is 11.4 Å². The second kappa shape index (κ2) is 8.27. The average Bonchev–Trinajstić information content (AvgIpc) is 3.33. The summed E-state index contributed by atoms with van der Waals surface area (Å²) >= 11 is 0. The minimum absolute atomic E-state index is 0.169. The molecule has 0 bridgehead atoms. The van der Waals surface area contributed by atoms with Crippen LogP contribution in [-0.4, -0.2) is 31.4 Å². The molecule has 0 aliphatic heterocycles. The van der Waals surface area contributed by atoms with Gasteiger partial charge in [0.15, 0.2) is 0 Å². The van der Waals surface area contributed by atoms with E-state index in [1.165, 1.54) is 6.20 Å². The van der Waals surface area contributed by atoms with Crippen molar-refractivity contribution >= 4 is 17.4 Å². The van der Waals surface area contributed by atoms with Gasteiger partial charge in [0.2, 0.25) is 17.6 Å². The number of nitrogens with zero attached hydrogens (tertiary/aromatic N) is 4. The molecule has 2 unspecified atom stereocenters. The van der Waals surface area contributed by atoms with Crippen LogP contribution in [0.5, 0.6) is 0 Å². The van der Waals surface area contributed by atoms with E-state index in [1.807, 2.05) is 13.0 Å². The van der Waals surface area contributed by atoms with Crippen molar-refractivity contribution in [2.24, 2.45) is 17.6 Å². The van der Waals surface area contributed by atoms with Gasteiger partial charge in [-0.1, -0.05) is 51.1 Å². The standard InChI is InChI=1S/C23H26N6O4/c1-12(2)15(17(30)20-27-28-22(33-20)23(3)9-10-23)16(18(25)31)29-19(13-7-5-4-6-8-13)26-11-14(24)21(29)32/h4-8,11-12,15-16H,9-10,24H2,1-3H3,(H2,25,31). The quantitative estimate of drug-likeness (QED) is 0.493. The molecule has 1 aliphatic carbocycles. The Morgan fingerprint density at radius 2 is 1.82 bits per heavy atom. The van der Waals surface area contributed by atoms with Crippen molar-refractivity contribution in [3.8, 4) is 11.4 Å². The fraction of sp³-hybridized carbons (Fsp3) is 0.391. The van der Waals surface area contributed by atoms with Crippen molar-refractivity contribution in [3.05, 3.63) is 58.7 Å². The number of aromatic nitrogens is 4. The molecule has 10 nitrogen and oxygen atoms in total. The molecule has 33 heavy (non-hydrogen) atoms. The smallest absolute Gasteiger partial charge is 0.284 e. The van der Waals surface area contributed by atoms with Crippen LogP contribution in [0.3, 0.4) is 0 Å². The number of ketones is 1. The van der Waals surface area contributed by atoms with Gasteiger partial charge < -0.3 is 15.9 Å². The van der Waals surface area contributed by atoms with Gasteiger partial charge in [0.1, 0.15) is 17.6 Å². The first kappa shape index (κ1) is 22.4. The van der Waals surface area contributed by atoms with Gasteiger partial charge in [-0.2, -0.15) is 0 Å². The van der Waals surface area contributed by atoms with E-state index in [2.05, 4.69) is 15.2 Å². The molecule has 1 aliphatic rings. The second-order valence-corrected chi connectivity index (χ2v) is 9.03. The molecule has 0 radical (unpaired) electrons. The normalized spacial score (nSPS) is 16.4. The number of amides is 1. The van der Waals surface area contributed by atoms with E-state index in [-0.39, 0.29) is 22.8 Å². The Labute approximate surface area is 190 Å². The van der Waals surface area contributed by atoms with Crippen LogP contribution >= 0.6 is 0 Å². The Bertz CT molecular complexity index is 1260. The maximum Gasteiger partial charge on any atom is 0.284 e. The van der Waals surface area contributed by atoms with Gasteiger partial charge in [-0.25, -0.2) is 4.98 Å². The fourth-order valence-electron chi connectivity index (χ4n) is 3.93. The summed E-state index contributed by atoms with van der Waals surface area (Å²) in [5, 5.41) is 7.97. The zero-order valence-electron chi connectivity index (χ0n) is 18.7. The van der Waals surface area contributed by atoms with E-state index in [1.54, 1.807) is 38.1 Å². The molecule has 1 fully saturated rings. The third kappa shape index (κ3) is 4.04. The lowest BCUT2D eigenvalue weighted by molar-refractivity contribution is -0.122. The molecule has 2 atom stereocenters. The zero-order valence-corrected chi connectivity index (χ0v) is 18.7. The van der Waals surface area contributed by atoms with Gasteiger partial charge >= 0.3 is 0 Å². The third-order valence-corrected chi connectivity index (χ3v) is 6.13. The van der Waals surface area contributed by atoms with Crippen LogP contribution in [-0.2, 0) is 10.2 Å². The van der Waals surface area contributed by atoms with Gasteiger partial charge in [0.25, 0.3) is 11.4 Å². The number of primary amides is 1. The van der Waals surface area contributed by atoms with Crippen molar-refractivity contribution in [1.82, 2.24) is 19.7 Å². The lowest BCUT2D eigenvalue weighted by Crippen LogP contribution is -2.44. The highest BCUT2D eigenvalue weighted by Gasteiger charge is 2.46. The van der Waals surface area contributed by atoms with Crippen molar-refractivity contribution in [2.45, 2.75) is 45.1 Å². The topological polar surface area (TPSA) is 160 Å². The minimum Gasteiger partial charge on any atom is -0.418 e. The monoisotopic (exact) mass is 450 g/mol. The average molecular weight is 450 g/mol. The number of anilines is 1. The van der Waals surface area contributed by atoms with Gasteiger partial charge in [-0.3, -0.25) is 19.0 Å². The van der Waals surface area contributed by atoms with E-state index >= 15 is 0 Å². The molecule has 2 aromatic heterocycles. The number of nitrogen functional groups attached to an aromatic ring is 1. The van der Waals surface area contributed by atoms with Gasteiger partial charge in [0.05, 0.1) is 12.1 Å². The van der Waals surface area contributed by atoms with E-state index in [0.29, 0.717) is 11.5 Å². The lowest BCUT2D eigenvalue weighted by Gasteiger charge is -2.29. The Hall–Kier alpha value is -3.82. The van der Waals surface area contributed by atoms with Gasteiger partial charge in [-0.05, 0) is 18.8 Å². The minimum atomic E-state index is -1.37. The van der Waals surface area contributed by atoms with E-state index in [0.717, 1.165) is 17.4 Å². The highest BCUT2D eigenvalue weighted by atomic mass is 16.4. The first-order valence-electron chi connectivity index (χ1n) is 10.7. The molecule has 1 aromatic carbocycles. The van der Waals surface area contributed by atoms with Gasteiger partial charge in [-0.15, -0.1) is 10.2 Å². The van der Waals surface area contributed by atoms with Crippen LogP contribution in [0.4, 0.5) is 5.69 Å². The maximum absolute atomic E-state index is 13.5. The van der Waals surface area contributed by atoms with Crippen LogP contribution in [0, 0.1) is 11.8 Å². The number of carbonyl (C=O) groups excluding carboxylic acids is 2. The van der Waals surface area contributed by atoms with Crippen molar-refractivity contribution < 1.29 is 14.0 Å². The summed E-state index contributed by atoms with van der Waals surface area (Å²) in [5.41, 5.74) is 11.2. The number of hydrogen-bond acceptors (Lipinski definition) is 8. The number of rotatable bonds is 8. The summed E-state index contributed by atoms with van der Waals surface area (Å²) in [6.07, 6.45) is 3.02. The van der Waals surface area contributed by atoms with Crippen molar-refractivity contribution in [2.75, 3.05) is 5.73 Å². The molecule has 0 spiro atoms. The second-order valence-electron chi connectivity index (χ2n) is 9.03. The molecule has 2 heterocycles. The number of benzene rings is 1. The summed E-state index contributed by atoms with van der Waals surface area (Å²) in [6, 6.07) is 7.44. The van der Waals surface area contributed by atoms with Crippen LogP contribution < -0.4 is 17.0 Å². The summed E-state index contributed by atoms with van der Waals surface area (Å²) in [5.74, 6) is -2.56.